The summed E-state index contributed by atoms with van der Waals surface area (Å²) in [5.41, 5.74) is 1.58. The van der Waals surface area contributed by atoms with Gasteiger partial charge in [-0.3, -0.25) is 10.4 Å². The van der Waals surface area contributed by atoms with Crippen LogP contribution in [0.25, 0.3) is 0 Å². The molecule has 1 saturated carbocycles. The predicted molar refractivity (Wildman–Crippen MR) is 68.2 cm³/mol. The third kappa shape index (κ3) is 4.77. The third-order valence-electron chi connectivity index (χ3n) is 2.96. The van der Waals surface area contributed by atoms with Gasteiger partial charge in [0.05, 0.1) is 0 Å². The largest absolute Gasteiger partial charge is 0.461 e. The molecule has 1 N–H and O–H groups in total. The molecule has 3 heteroatoms. The Kier molecular flexibility index (Phi) is 4.97. The molecule has 1 rings (SSSR count). The van der Waals surface area contributed by atoms with Crippen molar-refractivity contribution in [3.8, 4) is 0 Å². The summed E-state index contributed by atoms with van der Waals surface area (Å²) in [7, 11) is 0. The van der Waals surface area contributed by atoms with E-state index in [4.69, 9.17) is 10.1 Å². The van der Waals surface area contributed by atoms with Crippen LogP contribution in [0.15, 0.2) is 4.99 Å². The van der Waals surface area contributed by atoms with E-state index in [-0.39, 0.29) is 5.41 Å². The lowest BCUT2D eigenvalue weighted by molar-refractivity contribution is 0.328. The van der Waals surface area contributed by atoms with Gasteiger partial charge in [-0.2, -0.15) is 0 Å². The molecular weight excluding hydrogens is 200 g/mol. The lowest BCUT2D eigenvalue weighted by atomic mass is 9.84. The van der Waals surface area contributed by atoms with Gasteiger partial charge in [-0.05, 0) is 30.6 Å². The summed E-state index contributed by atoms with van der Waals surface area (Å²) < 4.78 is 4.89. The number of nitrogens with one attached hydrogen (secondary N) is 1. The summed E-state index contributed by atoms with van der Waals surface area (Å²) in [6.45, 7) is 7.05. The summed E-state index contributed by atoms with van der Waals surface area (Å²) >= 11 is 0. The molecule has 1 aliphatic carbocycles. The molecule has 0 heterocycles. The number of nitrogens with zero attached hydrogens (tertiary/aromatic N) is 1. The van der Waals surface area contributed by atoms with Crippen molar-refractivity contribution in [2.24, 2.45) is 16.3 Å². The first-order valence-electron chi connectivity index (χ1n) is 6.17. The maximum Gasteiger partial charge on any atom is 0.180 e. The average Bonchev–Trinajstić information content (AvgIpc) is 2.67. The third-order valence-corrected chi connectivity index (χ3v) is 2.96. The quantitative estimate of drug-likeness (QED) is 0.432. The molecule has 0 aromatic heterocycles. The van der Waals surface area contributed by atoms with Gasteiger partial charge < -0.3 is 4.74 Å². The Bertz CT molecular complexity index is 247. The van der Waals surface area contributed by atoms with Gasteiger partial charge in [0.15, 0.2) is 13.1 Å². The van der Waals surface area contributed by atoms with E-state index in [1.807, 2.05) is 0 Å². The minimum atomic E-state index is 0.284. The van der Waals surface area contributed by atoms with E-state index in [2.05, 4.69) is 25.8 Å². The summed E-state index contributed by atoms with van der Waals surface area (Å²) in [6, 6.07) is 0. The molecule has 0 radical (unpaired) electrons. The lowest BCUT2D eigenvalue weighted by Gasteiger charge is -2.23. The molecule has 0 aromatic carbocycles. The predicted octanol–water partition coefficient (Wildman–Crippen LogP) is 3.63. The molecule has 0 amide bonds. The molecule has 0 aliphatic heterocycles. The normalized spacial score (nSPS) is 18.8. The topological polar surface area (TPSA) is 45.4 Å². The monoisotopic (exact) mass is 224 g/mol. The maximum atomic E-state index is 6.82. The van der Waals surface area contributed by atoms with Crippen LogP contribution in [-0.4, -0.2) is 18.8 Å². The first-order valence-corrected chi connectivity index (χ1v) is 6.17. The zero-order chi connectivity index (χ0) is 12.0. The second kappa shape index (κ2) is 6.02. The molecule has 0 aromatic rings. The number of hydrogen-bond donors (Lipinski definition) is 1. The Hall–Kier alpha value is -0.860. The highest BCUT2D eigenvalue weighted by Crippen LogP contribution is 2.31. The van der Waals surface area contributed by atoms with Crippen molar-refractivity contribution in [2.75, 3.05) is 6.73 Å². The van der Waals surface area contributed by atoms with Gasteiger partial charge in [0, 0.05) is 5.71 Å². The fourth-order valence-electron chi connectivity index (χ4n) is 2.29. The summed E-state index contributed by atoms with van der Waals surface area (Å²) in [5.74, 6) is 0.661. The van der Waals surface area contributed by atoms with E-state index in [1.165, 1.54) is 31.4 Å². The van der Waals surface area contributed by atoms with Crippen molar-refractivity contribution >= 4 is 12.1 Å². The standard InChI is InChI=1S/C13H24N2O/c1-13(2,3)8-12(15-10-16-9-14)11-6-4-5-7-11/h9,11,14H,4-8,10H2,1-3H3. The Morgan fingerprint density at radius 2 is 2.00 bits per heavy atom. The summed E-state index contributed by atoms with van der Waals surface area (Å²) in [6.07, 6.45) is 7.23. The van der Waals surface area contributed by atoms with Gasteiger partial charge in [-0.1, -0.05) is 33.6 Å². The fourth-order valence-corrected chi connectivity index (χ4v) is 2.29. The van der Waals surface area contributed by atoms with E-state index < -0.39 is 0 Å². The second-order valence-corrected chi connectivity index (χ2v) is 5.78. The van der Waals surface area contributed by atoms with Gasteiger partial charge in [0.1, 0.15) is 0 Å². The Morgan fingerprint density at radius 1 is 1.38 bits per heavy atom. The molecular formula is C13H24N2O. The summed E-state index contributed by atoms with van der Waals surface area (Å²) in [5, 5.41) is 6.82. The van der Waals surface area contributed by atoms with Crippen LogP contribution in [0.2, 0.25) is 0 Å². The van der Waals surface area contributed by atoms with Crippen molar-refractivity contribution in [2.45, 2.75) is 52.9 Å². The van der Waals surface area contributed by atoms with E-state index in [0.29, 0.717) is 12.6 Å². The van der Waals surface area contributed by atoms with Crippen molar-refractivity contribution < 1.29 is 4.74 Å². The van der Waals surface area contributed by atoms with Crippen molar-refractivity contribution in [1.29, 1.82) is 5.41 Å². The number of rotatable bonds is 5. The van der Waals surface area contributed by atoms with E-state index in [0.717, 1.165) is 12.8 Å². The van der Waals surface area contributed by atoms with Gasteiger partial charge in [0.2, 0.25) is 0 Å². The van der Waals surface area contributed by atoms with Crippen LogP contribution < -0.4 is 0 Å². The molecule has 0 saturated heterocycles. The van der Waals surface area contributed by atoms with Crippen molar-refractivity contribution in [1.82, 2.24) is 0 Å². The zero-order valence-corrected chi connectivity index (χ0v) is 10.8. The smallest absolute Gasteiger partial charge is 0.180 e. The van der Waals surface area contributed by atoms with E-state index in [9.17, 15) is 0 Å². The zero-order valence-electron chi connectivity index (χ0n) is 10.8. The molecule has 0 atom stereocenters. The van der Waals surface area contributed by atoms with Gasteiger partial charge in [0.25, 0.3) is 0 Å². The van der Waals surface area contributed by atoms with E-state index >= 15 is 0 Å². The number of hydrogen-bond acceptors (Lipinski definition) is 3. The average molecular weight is 224 g/mol. The molecule has 1 fully saturated rings. The lowest BCUT2D eigenvalue weighted by Crippen LogP contribution is -2.20. The summed E-state index contributed by atoms with van der Waals surface area (Å²) in [4.78, 5) is 4.52. The highest BCUT2D eigenvalue weighted by Gasteiger charge is 2.24. The van der Waals surface area contributed by atoms with Crippen molar-refractivity contribution in [3.05, 3.63) is 0 Å². The van der Waals surface area contributed by atoms with Crippen LogP contribution >= 0.6 is 0 Å². The van der Waals surface area contributed by atoms with Crippen LogP contribution in [0.5, 0.6) is 0 Å². The Labute approximate surface area is 98.8 Å². The van der Waals surface area contributed by atoms with Crippen molar-refractivity contribution in [3.63, 3.8) is 0 Å². The first kappa shape index (κ1) is 13.2. The van der Waals surface area contributed by atoms with Crippen LogP contribution in [0.1, 0.15) is 52.9 Å². The first-order chi connectivity index (χ1) is 7.53. The molecule has 0 bridgehead atoms. The number of aliphatic imine (C=N–C) groups is 1. The maximum absolute atomic E-state index is 6.82. The molecule has 1 aliphatic rings. The van der Waals surface area contributed by atoms with E-state index in [1.54, 1.807) is 0 Å². The Balaban J connectivity index is 2.60. The highest BCUT2D eigenvalue weighted by molar-refractivity contribution is 5.87. The molecule has 0 spiro atoms. The molecule has 3 nitrogen and oxygen atoms in total. The van der Waals surface area contributed by atoms with Crippen LogP contribution in [-0.2, 0) is 4.74 Å². The minimum Gasteiger partial charge on any atom is -0.461 e. The van der Waals surface area contributed by atoms with Gasteiger partial charge in [-0.15, -0.1) is 0 Å². The SMILES string of the molecule is CC(C)(C)CC(=NCOC=N)C1CCCC1. The fraction of sp³-hybridized carbons (Fsp3) is 0.846. The second-order valence-electron chi connectivity index (χ2n) is 5.78. The number of ether oxygens (including phenoxy) is 1. The van der Waals surface area contributed by atoms with Crippen LogP contribution in [0, 0.1) is 16.7 Å². The van der Waals surface area contributed by atoms with Gasteiger partial charge in [-0.25, -0.2) is 0 Å². The molecule has 92 valence electrons. The molecule has 0 unspecified atom stereocenters. The van der Waals surface area contributed by atoms with Crippen LogP contribution in [0.4, 0.5) is 0 Å². The molecule has 16 heavy (non-hydrogen) atoms. The minimum absolute atomic E-state index is 0.284. The van der Waals surface area contributed by atoms with Crippen LogP contribution in [0.3, 0.4) is 0 Å². The Morgan fingerprint density at radius 3 is 2.50 bits per heavy atom. The highest BCUT2D eigenvalue weighted by atomic mass is 16.5. The van der Waals surface area contributed by atoms with Gasteiger partial charge >= 0.3 is 0 Å².